The predicted molar refractivity (Wildman–Crippen MR) is 73.4 cm³/mol. The maximum Gasteiger partial charge on any atom is 0.165 e. The summed E-state index contributed by atoms with van der Waals surface area (Å²) >= 11 is 1.85. The maximum absolute atomic E-state index is 4.24. The summed E-state index contributed by atoms with van der Waals surface area (Å²) in [6.07, 6.45) is 10.4. The standard InChI is InChI=1S/C13H23N3S/c1-2-7-14-12-5-3-4-11(12)6-10-17-13-15-8-9-16-13/h8-9,11-12,14H,2-7,10H2,1H3,(H,15,16). The number of aromatic amines is 1. The van der Waals surface area contributed by atoms with Crippen LogP contribution in [-0.2, 0) is 0 Å². The summed E-state index contributed by atoms with van der Waals surface area (Å²) in [5.74, 6) is 2.06. The lowest BCUT2D eigenvalue weighted by atomic mass is 10.0. The summed E-state index contributed by atoms with van der Waals surface area (Å²) in [6, 6.07) is 0.771. The summed E-state index contributed by atoms with van der Waals surface area (Å²) < 4.78 is 0. The van der Waals surface area contributed by atoms with Gasteiger partial charge in [-0.3, -0.25) is 0 Å². The minimum absolute atomic E-state index is 0.771. The normalized spacial score (nSPS) is 24.3. The van der Waals surface area contributed by atoms with E-state index in [1.54, 1.807) is 0 Å². The highest BCUT2D eigenvalue weighted by molar-refractivity contribution is 7.99. The van der Waals surface area contributed by atoms with Crippen LogP contribution in [0.5, 0.6) is 0 Å². The predicted octanol–water partition coefficient (Wildman–Crippen LogP) is 3.06. The van der Waals surface area contributed by atoms with Gasteiger partial charge < -0.3 is 10.3 Å². The van der Waals surface area contributed by atoms with Crippen LogP contribution in [-0.4, -0.2) is 28.3 Å². The smallest absolute Gasteiger partial charge is 0.165 e. The van der Waals surface area contributed by atoms with Crippen molar-refractivity contribution in [3.05, 3.63) is 12.4 Å². The SMILES string of the molecule is CCCNC1CCCC1CCSc1ncc[nH]1. The van der Waals surface area contributed by atoms with E-state index in [-0.39, 0.29) is 0 Å². The molecule has 0 aliphatic heterocycles. The molecule has 3 nitrogen and oxygen atoms in total. The highest BCUT2D eigenvalue weighted by Gasteiger charge is 2.25. The summed E-state index contributed by atoms with van der Waals surface area (Å²) in [7, 11) is 0. The highest BCUT2D eigenvalue weighted by atomic mass is 32.2. The first-order chi connectivity index (χ1) is 8.40. The fourth-order valence-corrected chi connectivity index (χ4v) is 3.52. The van der Waals surface area contributed by atoms with Crippen molar-refractivity contribution >= 4 is 11.8 Å². The van der Waals surface area contributed by atoms with Crippen molar-refractivity contribution in [2.45, 2.75) is 50.2 Å². The number of H-pyrrole nitrogens is 1. The van der Waals surface area contributed by atoms with E-state index in [9.17, 15) is 0 Å². The zero-order chi connectivity index (χ0) is 11.9. The second-order valence-corrected chi connectivity index (χ2v) is 5.87. The van der Waals surface area contributed by atoms with E-state index in [2.05, 4.69) is 22.2 Å². The fourth-order valence-electron chi connectivity index (χ4n) is 2.62. The van der Waals surface area contributed by atoms with Crippen LogP contribution in [0.2, 0.25) is 0 Å². The van der Waals surface area contributed by atoms with Gasteiger partial charge in [0, 0.05) is 24.2 Å². The number of hydrogen-bond acceptors (Lipinski definition) is 3. The van der Waals surface area contributed by atoms with Crippen molar-refractivity contribution < 1.29 is 0 Å². The highest BCUT2D eigenvalue weighted by Crippen LogP contribution is 2.30. The van der Waals surface area contributed by atoms with Gasteiger partial charge in [-0.15, -0.1) is 0 Å². The van der Waals surface area contributed by atoms with E-state index in [1.165, 1.54) is 44.4 Å². The first-order valence-corrected chi connectivity index (χ1v) is 7.74. The van der Waals surface area contributed by atoms with Crippen LogP contribution in [0.15, 0.2) is 17.6 Å². The Morgan fingerprint density at radius 3 is 3.24 bits per heavy atom. The first-order valence-electron chi connectivity index (χ1n) is 6.75. The minimum Gasteiger partial charge on any atom is -0.340 e. The van der Waals surface area contributed by atoms with Crippen LogP contribution in [0.4, 0.5) is 0 Å². The lowest BCUT2D eigenvalue weighted by Crippen LogP contribution is -2.33. The molecule has 2 atom stereocenters. The molecule has 17 heavy (non-hydrogen) atoms. The fraction of sp³-hybridized carbons (Fsp3) is 0.769. The molecule has 1 aromatic rings. The molecule has 1 heterocycles. The molecule has 2 N–H and O–H groups in total. The van der Waals surface area contributed by atoms with Gasteiger partial charge in [0.15, 0.2) is 5.16 Å². The Balaban J connectivity index is 1.67. The Bertz CT molecular complexity index is 300. The molecule has 1 aliphatic carbocycles. The van der Waals surface area contributed by atoms with Gasteiger partial charge in [-0.1, -0.05) is 25.1 Å². The number of nitrogens with one attached hydrogen (secondary N) is 2. The maximum atomic E-state index is 4.24. The van der Waals surface area contributed by atoms with Gasteiger partial charge in [0.2, 0.25) is 0 Å². The molecule has 0 spiro atoms. The molecular formula is C13H23N3S. The minimum atomic E-state index is 0.771. The molecule has 1 aromatic heterocycles. The summed E-state index contributed by atoms with van der Waals surface area (Å²) in [6.45, 7) is 3.41. The number of imidazole rings is 1. The number of rotatable bonds is 7. The molecule has 1 saturated carbocycles. The Morgan fingerprint density at radius 2 is 2.47 bits per heavy atom. The molecule has 0 saturated heterocycles. The lowest BCUT2D eigenvalue weighted by molar-refractivity contribution is 0.393. The van der Waals surface area contributed by atoms with Crippen LogP contribution < -0.4 is 5.32 Å². The van der Waals surface area contributed by atoms with E-state index in [0.29, 0.717) is 0 Å². The van der Waals surface area contributed by atoms with Crippen LogP contribution in [0.1, 0.15) is 39.0 Å². The van der Waals surface area contributed by atoms with Crippen LogP contribution in [0.3, 0.4) is 0 Å². The zero-order valence-corrected chi connectivity index (χ0v) is 11.4. The number of thioether (sulfide) groups is 1. The molecule has 0 bridgehead atoms. The van der Waals surface area contributed by atoms with Crippen molar-refractivity contribution in [3.63, 3.8) is 0 Å². The van der Waals surface area contributed by atoms with E-state index >= 15 is 0 Å². The Labute approximate surface area is 108 Å². The molecule has 0 amide bonds. The van der Waals surface area contributed by atoms with Gasteiger partial charge in [0.25, 0.3) is 0 Å². The van der Waals surface area contributed by atoms with Gasteiger partial charge >= 0.3 is 0 Å². The van der Waals surface area contributed by atoms with E-state index < -0.39 is 0 Å². The molecule has 4 heteroatoms. The van der Waals surface area contributed by atoms with Crippen molar-refractivity contribution in [1.82, 2.24) is 15.3 Å². The third-order valence-electron chi connectivity index (χ3n) is 3.52. The van der Waals surface area contributed by atoms with Gasteiger partial charge in [-0.2, -0.15) is 0 Å². The van der Waals surface area contributed by atoms with E-state index in [1.807, 2.05) is 24.2 Å². The van der Waals surface area contributed by atoms with Gasteiger partial charge in [-0.25, -0.2) is 4.98 Å². The van der Waals surface area contributed by atoms with Crippen molar-refractivity contribution in [2.24, 2.45) is 5.92 Å². The second kappa shape index (κ2) is 7.07. The van der Waals surface area contributed by atoms with Crippen molar-refractivity contribution in [1.29, 1.82) is 0 Å². The Morgan fingerprint density at radius 1 is 1.53 bits per heavy atom. The van der Waals surface area contributed by atoms with Gasteiger partial charge in [0.05, 0.1) is 0 Å². The molecule has 1 fully saturated rings. The van der Waals surface area contributed by atoms with Crippen LogP contribution in [0, 0.1) is 5.92 Å². The molecule has 2 unspecified atom stereocenters. The number of aromatic nitrogens is 2. The molecule has 0 radical (unpaired) electrons. The number of hydrogen-bond donors (Lipinski definition) is 2. The van der Waals surface area contributed by atoms with E-state index in [4.69, 9.17) is 0 Å². The summed E-state index contributed by atoms with van der Waals surface area (Å²) in [4.78, 5) is 7.39. The molecular weight excluding hydrogens is 230 g/mol. The summed E-state index contributed by atoms with van der Waals surface area (Å²) in [5, 5.41) is 4.75. The largest absolute Gasteiger partial charge is 0.340 e. The second-order valence-electron chi connectivity index (χ2n) is 4.78. The molecule has 0 aromatic carbocycles. The molecule has 96 valence electrons. The Kier molecular flexibility index (Phi) is 5.39. The van der Waals surface area contributed by atoms with Crippen molar-refractivity contribution in [2.75, 3.05) is 12.3 Å². The Hall–Kier alpha value is -0.480. The zero-order valence-electron chi connectivity index (χ0n) is 10.6. The lowest BCUT2D eigenvalue weighted by Gasteiger charge is -2.20. The van der Waals surface area contributed by atoms with Crippen LogP contribution >= 0.6 is 11.8 Å². The van der Waals surface area contributed by atoms with Crippen LogP contribution in [0.25, 0.3) is 0 Å². The van der Waals surface area contributed by atoms with E-state index in [0.717, 1.165) is 17.1 Å². The molecule has 1 aliphatic rings. The molecule has 2 rings (SSSR count). The topological polar surface area (TPSA) is 40.7 Å². The third-order valence-corrected chi connectivity index (χ3v) is 4.45. The van der Waals surface area contributed by atoms with Gasteiger partial charge in [0.1, 0.15) is 0 Å². The first kappa shape index (κ1) is 13.0. The summed E-state index contributed by atoms with van der Waals surface area (Å²) in [5.41, 5.74) is 0. The average molecular weight is 253 g/mol. The monoisotopic (exact) mass is 253 g/mol. The average Bonchev–Trinajstić information content (AvgIpc) is 2.98. The van der Waals surface area contributed by atoms with Gasteiger partial charge in [-0.05, 0) is 38.1 Å². The number of nitrogens with zero attached hydrogens (tertiary/aromatic N) is 1. The van der Waals surface area contributed by atoms with Crippen molar-refractivity contribution in [3.8, 4) is 0 Å². The quantitative estimate of drug-likeness (QED) is 0.734. The third kappa shape index (κ3) is 4.03.